The molecule has 7 heteroatoms. The van der Waals surface area contributed by atoms with Crippen LogP contribution in [0.4, 0.5) is 17.3 Å². The normalized spacial score (nSPS) is 10.5. The van der Waals surface area contributed by atoms with E-state index in [2.05, 4.69) is 30.2 Å². The Bertz CT molecular complexity index is 802. The highest BCUT2D eigenvalue weighted by Crippen LogP contribution is 2.22. The molecule has 3 aromatic rings. The lowest BCUT2D eigenvalue weighted by molar-refractivity contribution is 0.984. The summed E-state index contributed by atoms with van der Waals surface area (Å²) in [7, 11) is 0. The molecule has 0 aliphatic heterocycles. The number of anilines is 3. The minimum atomic E-state index is 0.458. The van der Waals surface area contributed by atoms with Gasteiger partial charge in [-0.25, -0.2) is 15.0 Å². The average molecular weight is 293 g/mol. The zero-order chi connectivity index (χ0) is 15.5. The van der Waals surface area contributed by atoms with E-state index in [0.717, 1.165) is 16.8 Å². The van der Waals surface area contributed by atoms with Crippen LogP contribution in [0.15, 0.2) is 36.9 Å². The van der Waals surface area contributed by atoms with Crippen LogP contribution < -0.4 is 11.1 Å². The molecule has 0 fully saturated rings. The van der Waals surface area contributed by atoms with Gasteiger partial charge in [0, 0.05) is 23.8 Å². The second-order valence-electron chi connectivity index (χ2n) is 4.86. The van der Waals surface area contributed by atoms with Crippen molar-refractivity contribution in [2.75, 3.05) is 11.1 Å². The third kappa shape index (κ3) is 2.98. The second-order valence-corrected chi connectivity index (χ2v) is 4.86. The Morgan fingerprint density at radius 3 is 2.55 bits per heavy atom. The Kier molecular flexibility index (Phi) is 3.61. The molecule has 0 aliphatic rings. The van der Waals surface area contributed by atoms with Gasteiger partial charge in [-0.2, -0.15) is 9.97 Å². The lowest BCUT2D eigenvalue weighted by Crippen LogP contribution is -2.04. The van der Waals surface area contributed by atoms with Crippen molar-refractivity contribution in [2.45, 2.75) is 13.8 Å². The van der Waals surface area contributed by atoms with Crippen molar-refractivity contribution < 1.29 is 0 Å². The first-order valence-electron chi connectivity index (χ1n) is 6.73. The molecule has 7 nitrogen and oxygen atoms in total. The number of benzene rings is 1. The number of rotatable bonds is 3. The summed E-state index contributed by atoms with van der Waals surface area (Å²) in [6.45, 7) is 3.80. The van der Waals surface area contributed by atoms with Crippen molar-refractivity contribution in [1.29, 1.82) is 0 Å². The third-order valence-corrected chi connectivity index (χ3v) is 3.07. The molecule has 0 bridgehead atoms. The summed E-state index contributed by atoms with van der Waals surface area (Å²) < 4.78 is 0. The summed E-state index contributed by atoms with van der Waals surface area (Å²) in [6, 6.07) is 5.64. The van der Waals surface area contributed by atoms with Gasteiger partial charge in [-0.3, -0.25) is 0 Å². The van der Waals surface area contributed by atoms with Gasteiger partial charge in [0.05, 0.1) is 5.56 Å². The molecular weight excluding hydrogens is 278 g/mol. The van der Waals surface area contributed by atoms with Crippen LogP contribution in [0.25, 0.3) is 11.4 Å². The first-order valence-corrected chi connectivity index (χ1v) is 6.73. The van der Waals surface area contributed by atoms with Crippen LogP contribution in [0, 0.1) is 13.8 Å². The largest absolute Gasteiger partial charge is 0.399 e. The molecule has 0 radical (unpaired) electrons. The number of aromatic nitrogens is 5. The molecule has 3 N–H and O–H groups in total. The summed E-state index contributed by atoms with van der Waals surface area (Å²) >= 11 is 0. The fraction of sp³-hybridized carbons (Fsp3) is 0.133. The first kappa shape index (κ1) is 13.9. The molecule has 110 valence electrons. The van der Waals surface area contributed by atoms with E-state index in [1.807, 2.05) is 32.0 Å². The van der Waals surface area contributed by atoms with Crippen LogP contribution in [-0.2, 0) is 0 Å². The van der Waals surface area contributed by atoms with Crippen LogP contribution >= 0.6 is 0 Å². The topological polar surface area (TPSA) is 102 Å². The van der Waals surface area contributed by atoms with E-state index >= 15 is 0 Å². The zero-order valence-electron chi connectivity index (χ0n) is 12.3. The van der Waals surface area contributed by atoms with Gasteiger partial charge in [0.25, 0.3) is 0 Å². The van der Waals surface area contributed by atoms with Gasteiger partial charge in [0.15, 0.2) is 5.82 Å². The number of aryl methyl sites for hydroxylation is 2. The maximum absolute atomic E-state index is 5.82. The molecule has 0 atom stereocenters. The molecule has 0 spiro atoms. The van der Waals surface area contributed by atoms with Gasteiger partial charge in [-0.15, -0.1) is 0 Å². The number of nitrogen functional groups attached to an aromatic ring is 1. The smallest absolute Gasteiger partial charge is 0.231 e. The van der Waals surface area contributed by atoms with Crippen molar-refractivity contribution in [3.05, 3.63) is 48.3 Å². The molecule has 0 unspecified atom stereocenters. The van der Waals surface area contributed by atoms with Gasteiger partial charge in [0.2, 0.25) is 5.95 Å². The minimum absolute atomic E-state index is 0.458. The minimum Gasteiger partial charge on any atom is -0.399 e. The molecule has 2 heterocycles. The Labute approximate surface area is 127 Å². The van der Waals surface area contributed by atoms with Gasteiger partial charge in [-0.1, -0.05) is 6.07 Å². The van der Waals surface area contributed by atoms with Crippen LogP contribution in [0.2, 0.25) is 0 Å². The summed E-state index contributed by atoms with van der Waals surface area (Å²) in [5.41, 5.74) is 9.15. The van der Waals surface area contributed by atoms with Crippen LogP contribution in [0.3, 0.4) is 0 Å². The Morgan fingerprint density at radius 1 is 1.00 bits per heavy atom. The average Bonchev–Trinajstić information content (AvgIpc) is 2.51. The fourth-order valence-electron chi connectivity index (χ4n) is 1.98. The van der Waals surface area contributed by atoms with E-state index in [0.29, 0.717) is 23.3 Å². The SMILES string of the molecule is Cc1nc(Nc2cc(N)ccc2C)nc(-c2cncnc2)n1. The predicted molar refractivity (Wildman–Crippen MR) is 84.5 cm³/mol. The number of nitrogens with zero attached hydrogens (tertiary/aromatic N) is 5. The van der Waals surface area contributed by atoms with Gasteiger partial charge in [-0.05, 0) is 31.5 Å². The lowest BCUT2D eigenvalue weighted by atomic mass is 10.2. The third-order valence-electron chi connectivity index (χ3n) is 3.07. The highest BCUT2D eigenvalue weighted by Gasteiger charge is 2.08. The number of hydrogen-bond donors (Lipinski definition) is 2. The summed E-state index contributed by atoms with van der Waals surface area (Å²) in [6.07, 6.45) is 4.79. The molecule has 0 amide bonds. The fourth-order valence-corrected chi connectivity index (χ4v) is 1.98. The Morgan fingerprint density at radius 2 is 1.77 bits per heavy atom. The van der Waals surface area contributed by atoms with E-state index in [9.17, 15) is 0 Å². The van der Waals surface area contributed by atoms with Gasteiger partial charge >= 0.3 is 0 Å². The summed E-state index contributed by atoms with van der Waals surface area (Å²) in [5.74, 6) is 1.59. The lowest BCUT2D eigenvalue weighted by Gasteiger charge is -2.10. The highest BCUT2D eigenvalue weighted by atomic mass is 15.2. The summed E-state index contributed by atoms with van der Waals surface area (Å²) in [4.78, 5) is 21.0. The molecule has 2 aromatic heterocycles. The molecular formula is C15H15N7. The van der Waals surface area contributed by atoms with E-state index in [-0.39, 0.29) is 0 Å². The molecule has 22 heavy (non-hydrogen) atoms. The van der Waals surface area contributed by atoms with E-state index in [1.54, 1.807) is 12.4 Å². The van der Waals surface area contributed by atoms with Crippen LogP contribution in [0.5, 0.6) is 0 Å². The van der Waals surface area contributed by atoms with Crippen molar-refractivity contribution in [1.82, 2.24) is 24.9 Å². The van der Waals surface area contributed by atoms with Crippen molar-refractivity contribution in [3.63, 3.8) is 0 Å². The van der Waals surface area contributed by atoms with Crippen molar-refractivity contribution >= 4 is 17.3 Å². The van der Waals surface area contributed by atoms with E-state index < -0.39 is 0 Å². The van der Waals surface area contributed by atoms with Crippen LogP contribution in [0.1, 0.15) is 11.4 Å². The molecule has 3 rings (SSSR count). The quantitative estimate of drug-likeness (QED) is 0.714. The summed E-state index contributed by atoms with van der Waals surface area (Å²) in [5, 5.41) is 3.18. The first-order chi connectivity index (χ1) is 10.6. The van der Waals surface area contributed by atoms with Gasteiger partial charge < -0.3 is 11.1 Å². The number of hydrogen-bond acceptors (Lipinski definition) is 7. The Balaban J connectivity index is 1.98. The Hall–Kier alpha value is -3.09. The monoisotopic (exact) mass is 293 g/mol. The standard InChI is InChI=1S/C15H15N7/c1-9-3-4-12(16)5-13(9)21-15-20-10(2)19-14(22-15)11-6-17-8-18-7-11/h3-8H,16H2,1-2H3,(H,19,20,21,22). The van der Waals surface area contributed by atoms with Crippen LogP contribution in [-0.4, -0.2) is 24.9 Å². The number of nitrogens with one attached hydrogen (secondary N) is 1. The molecule has 0 saturated heterocycles. The van der Waals surface area contributed by atoms with E-state index in [1.165, 1.54) is 6.33 Å². The molecule has 0 aliphatic carbocycles. The predicted octanol–water partition coefficient (Wildman–Crippen LogP) is 2.27. The molecule has 1 aromatic carbocycles. The highest BCUT2D eigenvalue weighted by molar-refractivity contribution is 5.64. The van der Waals surface area contributed by atoms with Crippen molar-refractivity contribution in [2.24, 2.45) is 0 Å². The maximum Gasteiger partial charge on any atom is 0.231 e. The van der Waals surface area contributed by atoms with Gasteiger partial charge in [0.1, 0.15) is 12.2 Å². The molecule has 0 saturated carbocycles. The number of nitrogens with two attached hydrogens (primary N) is 1. The maximum atomic E-state index is 5.82. The zero-order valence-corrected chi connectivity index (χ0v) is 12.3. The van der Waals surface area contributed by atoms with E-state index in [4.69, 9.17) is 5.73 Å². The van der Waals surface area contributed by atoms with Crippen molar-refractivity contribution in [3.8, 4) is 11.4 Å². The second kappa shape index (κ2) is 5.72.